The molecular formula is C23H21ClN4O2. The van der Waals surface area contributed by atoms with Gasteiger partial charge in [0.25, 0.3) is 5.91 Å². The molecule has 1 heterocycles. The van der Waals surface area contributed by atoms with Crippen molar-refractivity contribution in [1.82, 2.24) is 15.0 Å². The number of aryl methyl sites for hydroxylation is 1. The van der Waals surface area contributed by atoms with E-state index < -0.39 is 5.60 Å². The fraction of sp³-hybridized carbons (Fsp3) is 0.174. The lowest BCUT2D eigenvalue weighted by atomic mass is 10.1. The largest absolute Gasteiger partial charge is 0.478 e. The zero-order valence-corrected chi connectivity index (χ0v) is 17.6. The summed E-state index contributed by atoms with van der Waals surface area (Å²) in [4.78, 5) is 14.4. The minimum absolute atomic E-state index is 0.251. The second-order valence-corrected chi connectivity index (χ2v) is 7.94. The van der Waals surface area contributed by atoms with Gasteiger partial charge >= 0.3 is 0 Å². The average Bonchev–Trinajstić information content (AvgIpc) is 3.11. The second kappa shape index (κ2) is 7.80. The van der Waals surface area contributed by atoms with Crippen LogP contribution in [0.3, 0.4) is 0 Å². The number of halogens is 1. The normalized spacial score (nSPS) is 11.5. The number of benzene rings is 3. The molecule has 0 atom stereocenters. The van der Waals surface area contributed by atoms with Crippen molar-refractivity contribution in [3.63, 3.8) is 0 Å². The summed E-state index contributed by atoms with van der Waals surface area (Å²) in [5.74, 6) is 0.384. The summed E-state index contributed by atoms with van der Waals surface area (Å²) in [6.07, 6.45) is 0. The van der Waals surface area contributed by atoms with Gasteiger partial charge in [-0.3, -0.25) is 4.79 Å². The highest BCUT2D eigenvalue weighted by molar-refractivity contribution is 6.30. The van der Waals surface area contributed by atoms with Crippen molar-refractivity contribution in [3.05, 3.63) is 77.3 Å². The molecule has 1 N–H and O–H groups in total. The number of carbonyl (C=O) groups is 1. The van der Waals surface area contributed by atoms with Crippen LogP contribution in [0.15, 0.2) is 66.7 Å². The van der Waals surface area contributed by atoms with Gasteiger partial charge in [0.05, 0.1) is 5.69 Å². The molecule has 1 aromatic heterocycles. The molecule has 4 aromatic rings. The Hall–Kier alpha value is -3.38. The van der Waals surface area contributed by atoms with E-state index >= 15 is 0 Å². The number of amides is 1. The summed E-state index contributed by atoms with van der Waals surface area (Å²) in [6, 6.07) is 20.3. The minimum Gasteiger partial charge on any atom is -0.478 e. The zero-order valence-electron chi connectivity index (χ0n) is 16.9. The molecule has 0 fully saturated rings. The summed E-state index contributed by atoms with van der Waals surface area (Å²) < 4.78 is 5.88. The number of carbonyl (C=O) groups excluding carboxylic acids is 1. The second-order valence-electron chi connectivity index (χ2n) is 7.50. The third kappa shape index (κ3) is 4.14. The molecule has 0 saturated heterocycles. The van der Waals surface area contributed by atoms with E-state index in [0.29, 0.717) is 22.0 Å². The van der Waals surface area contributed by atoms with Crippen molar-refractivity contribution in [2.24, 2.45) is 0 Å². The molecule has 1 amide bonds. The van der Waals surface area contributed by atoms with Crippen LogP contribution in [-0.2, 0) is 4.79 Å². The molecule has 152 valence electrons. The Morgan fingerprint density at radius 3 is 2.30 bits per heavy atom. The van der Waals surface area contributed by atoms with Crippen LogP contribution in [0, 0.1) is 6.92 Å². The Bertz CT molecular complexity index is 1200. The number of ether oxygens (including phenoxy) is 1. The molecule has 0 unspecified atom stereocenters. The lowest BCUT2D eigenvalue weighted by Crippen LogP contribution is -2.42. The fourth-order valence-corrected chi connectivity index (χ4v) is 3.12. The lowest BCUT2D eigenvalue weighted by Gasteiger charge is -2.25. The number of hydrogen-bond donors (Lipinski definition) is 1. The molecule has 0 spiro atoms. The van der Waals surface area contributed by atoms with Crippen LogP contribution in [0.25, 0.3) is 16.7 Å². The average molecular weight is 421 g/mol. The van der Waals surface area contributed by atoms with Gasteiger partial charge in [-0.25, -0.2) is 0 Å². The van der Waals surface area contributed by atoms with Crippen molar-refractivity contribution >= 4 is 34.2 Å². The van der Waals surface area contributed by atoms with Crippen molar-refractivity contribution in [2.45, 2.75) is 26.4 Å². The monoisotopic (exact) mass is 420 g/mol. The zero-order chi connectivity index (χ0) is 21.3. The molecule has 0 aliphatic rings. The predicted octanol–water partition coefficient (Wildman–Crippen LogP) is 5.18. The van der Waals surface area contributed by atoms with Crippen LogP contribution in [0.1, 0.15) is 19.4 Å². The van der Waals surface area contributed by atoms with E-state index in [4.69, 9.17) is 16.3 Å². The molecule has 0 bridgehead atoms. The number of nitrogens with one attached hydrogen (secondary N) is 1. The fourth-order valence-electron chi connectivity index (χ4n) is 2.99. The highest BCUT2D eigenvalue weighted by Crippen LogP contribution is 2.25. The SMILES string of the molecule is Cc1cc2nn(-c3ccc(Cl)cc3)nc2cc1NC(=O)C(C)(C)Oc1ccccc1. The van der Waals surface area contributed by atoms with Crippen molar-refractivity contribution < 1.29 is 9.53 Å². The number of rotatable bonds is 5. The summed E-state index contributed by atoms with van der Waals surface area (Å²) >= 11 is 5.96. The highest BCUT2D eigenvalue weighted by Gasteiger charge is 2.30. The molecule has 3 aromatic carbocycles. The van der Waals surface area contributed by atoms with Crippen LogP contribution in [0.4, 0.5) is 5.69 Å². The van der Waals surface area contributed by atoms with E-state index in [1.54, 1.807) is 30.8 Å². The molecular weight excluding hydrogens is 400 g/mol. The van der Waals surface area contributed by atoms with Gasteiger partial charge < -0.3 is 10.1 Å². The van der Waals surface area contributed by atoms with E-state index in [0.717, 1.165) is 16.8 Å². The van der Waals surface area contributed by atoms with Gasteiger partial charge in [0.15, 0.2) is 5.60 Å². The van der Waals surface area contributed by atoms with E-state index in [9.17, 15) is 4.79 Å². The highest BCUT2D eigenvalue weighted by atomic mass is 35.5. The Kier molecular flexibility index (Phi) is 5.18. The van der Waals surface area contributed by atoms with Gasteiger partial charge in [-0.15, -0.1) is 10.2 Å². The van der Waals surface area contributed by atoms with Gasteiger partial charge in [-0.1, -0.05) is 29.8 Å². The topological polar surface area (TPSA) is 69.0 Å². The van der Waals surface area contributed by atoms with E-state index in [2.05, 4.69) is 15.5 Å². The van der Waals surface area contributed by atoms with Gasteiger partial charge in [0, 0.05) is 10.7 Å². The molecule has 7 heteroatoms. The summed E-state index contributed by atoms with van der Waals surface area (Å²) in [5.41, 5.74) is 2.71. The Morgan fingerprint density at radius 1 is 1.00 bits per heavy atom. The van der Waals surface area contributed by atoms with E-state index in [-0.39, 0.29) is 5.91 Å². The minimum atomic E-state index is -1.05. The molecule has 30 heavy (non-hydrogen) atoms. The Balaban J connectivity index is 1.58. The molecule has 4 rings (SSSR count). The van der Waals surface area contributed by atoms with Crippen LogP contribution in [0.5, 0.6) is 5.75 Å². The van der Waals surface area contributed by atoms with Crippen molar-refractivity contribution in [1.29, 1.82) is 0 Å². The summed E-state index contributed by atoms with van der Waals surface area (Å²) in [7, 11) is 0. The molecule has 6 nitrogen and oxygen atoms in total. The van der Waals surface area contributed by atoms with E-state index in [1.165, 1.54) is 0 Å². The van der Waals surface area contributed by atoms with Crippen molar-refractivity contribution in [3.8, 4) is 11.4 Å². The van der Waals surface area contributed by atoms with Crippen LogP contribution < -0.4 is 10.1 Å². The van der Waals surface area contributed by atoms with Gasteiger partial charge in [-0.2, -0.15) is 4.80 Å². The standard InChI is InChI=1S/C23H21ClN4O2/c1-15-13-20-21(27-28(26-20)17-11-9-16(24)10-12-17)14-19(15)25-22(29)23(2,3)30-18-7-5-4-6-8-18/h4-14H,1-3H3,(H,25,29). The quantitative estimate of drug-likeness (QED) is 0.483. The summed E-state index contributed by atoms with van der Waals surface area (Å²) in [6.45, 7) is 5.39. The van der Waals surface area contributed by atoms with Crippen molar-refractivity contribution in [2.75, 3.05) is 5.32 Å². The van der Waals surface area contributed by atoms with Gasteiger partial charge in [0.2, 0.25) is 0 Å². The number of hydrogen-bond acceptors (Lipinski definition) is 4. The number of fused-ring (bicyclic) bond motifs is 1. The molecule has 0 radical (unpaired) electrons. The first-order valence-corrected chi connectivity index (χ1v) is 9.89. The maximum atomic E-state index is 12.9. The molecule has 0 saturated carbocycles. The molecule has 0 aliphatic carbocycles. The third-order valence-electron chi connectivity index (χ3n) is 4.70. The van der Waals surface area contributed by atoms with Gasteiger partial charge in [-0.05, 0) is 74.9 Å². The number of para-hydroxylation sites is 1. The number of anilines is 1. The van der Waals surface area contributed by atoms with E-state index in [1.807, 2.05) is 61.5 Å². The first-order valence-electron chi connectivity index (χ1n) is 9.51. The third-order valence-corrected chi connectivity index (χ3v) is 4.95. The Morgan fingerprint density at radius 2 is 1.63 bits per heavy atom. The summed E-state index contributed by atoms with van der Waals surface area (Å²) in [5, 5.41) is 12.7. The van der Waals surface area contributed by atoms with Gasteiger partial charge in [0.1, 0.15) is 16.8 Å². The predicted molar refractivity (Wildman–Crippen MR) is 118 cm³/mol. The lowest BCUT2D eigenvalue weighted by molar-refractivity contribution is -0.128. The molecule has 0 aliphatic heterocycles. The van der Waals surface area contributed by atoms with Crippen LogP contribution in [0.2, 0.25) is 5.02 Å². The maximum Gasteiger partial charge on any atom is 0.267 e. The maximum absolute atomic E-state index is 12.9. The first kappa shape index (κ1) is 19.9. The number of nitrogens with zero attached hydrogens (tertiary/aromatic N) is 3. The first-order chi connectivity index (χ1) is 14.3. The van der Waals surface area contributed by atoms with Crippen LogP contribution >= 0.6 is 11.6 Å². The van der Waals surface area contributed by atoms with Crippen LogP contribution in [-0.4, -0.2) is 26.5 Å². The smallest absolute Gasteiger partial charge is 0.267 e. The number of aromatic nitrogens is 3. The Labute approximate surface area is 179 Å².